The minimum Gasteiger partial charge on any atom is -0.367 e. The van der Waals surface area contributed by atoms with E-state index in [1.165, 1.54) is 0 Å². The summed E-state index contributed by atoms with van der Waals surface area (Å²) in [6.45, 7) is 2.01. The molecule has 0 aliphatic heterocycles. The lowest BCUT2D eigenvalue weighted by atomic mass is 10.3. The van der Waals surface area contributed by atoms with Gasteiger partial charge in [-0.15, -0.1) is 0 Å². The maximum absolute atomic E-state index is 3.82. The fraction of sp³-hybridized carbons (Fsp3) is 0.300. The van der Waals surface area contributed by atoms with Gasteiger partial charge in [0.1, 0.15) is 0 Å². The lowest BCUT2D eigenvalue weighted by Gasteiger charge is -2.04. The van der Waals surface area contributed by atoms with E-state index in [0.29, 0.717) is 0 Å². The van der Waals surface area contributed by atoms with Gasteiger partial charge in [0, 0.05) is 5.69 Å². The predicted molar refractivity (Wildman–Crippen MR) is 52.7 cm³/mol. The van der Waals surface area contributed by atoms with Crippen LogP contribution >= 0.6 is 0 Å². The number of benzene rings is 1. The first kappa shape index (κ1) is 8.61. The van der Waals surface area contributed by atoms with Crippen LogP contribution in [0.3, 0.4) is 0 Å². The average Bonchev–Trinajstić information content (AvgIpc) is 2.06. The number of nitrogens with one attached hydrogen (secondary N) is 1. The van der Waals surface area contributed by atoms with Gasteiger partial charge in [0.05, 0.1) is 0 Å². The molecule has 0 radical (unpaired) electrons. The molecule has 1 rings (SSSR count). The van der Waals surface area contributed by atoms with Crippen LogP contribution in [0, 0.1) is 6.07 Å². The second kappa shape index (κ2) is 4.40. The van der Waals surface area contributed by atoms with Crippen LogP contribution in [0.1, 0.15) is 6.92 Å². The van der Waals surface area contributed by atoms with E-state index in [0.717, 1.165) is 5.69 Å². The van der Waals surface area contributed by atoms with Gasteiger partial charge in [0.2, 0.25) is 0 Å². The first-order valence-electron chi connectivity index (χ1n) is 3.99. The zero-order valence-corrected chi connectivity index (χ0v) is 7.41. The molecule has 0 aliphatic rings. The van der Waals surface area contributed by atoms with E-state index in [1.807, 2.05) is 37.3 Å². The van der Waals surface area contributed by atoms with Crippen molar-refractivity contribution in [2.24, 2.45) is 0 Å². The smallest absolute Gasteiger partial charge is 0.297 e. The number of hydrogen-bond donors (Lipinski definition) is 1. The Kier molecular flexibility index (Phi) is 3.16. The monoisotopic (exact) mass is 161 g/mol. The van der Waals surface area contributed by atoms with Crippen LogP contribution in [0.4, 0.5) is 5.69 Å². The normalized spacial score (nSPS) is 11.2. The third-order valence-corrected chi connectivity index (χ3v) is 1.48. The van der Waals surface area contributed by atoms with Crippen LogP contribution in [-0.4, -0.2) is 13.1 Å². The molecule has 0 bridgehead atoms. The van der Waals surface area contributed by atoms with Gasteiger partial charge in [0.15, 0.2) is 6.04 Å². The highest BCUT2D eigenvalue weighted by Crippen LogP contribution is 2.05. The maximum atomic E-state index is 3.82. The topological polar surface area (TPSA) is 16.4 Å². The zero-order chi connectivity index (χ0) is 8.81. The highest BCUT2D eigenvalue weighted by molar-refractivity contribution is 5.44. The van der Waals surface area contributed by atoms with Gasteiger partial charge in [-0.2, -0.15) is 0 Å². The molecule has 0 fully saturated rings. The van der Waals surface area contributed by atoms with E-state index in [1.54, 1.807) is 7.05 Å². The summed E-state index contributed by atoms with van der Waals surface area (Å²) in [7, 11) is 1.73. The van der Waals surface area contributed by atoms with Gasteiger partial charge < -0.3 is 5.32 Å². The van der Waals surface area contributed by atoms with Crippen molar-refractivity contribution in [2.75, 3.05) is 12.4 Å². The van der Waals surface area contributed by atoms with Crippen LogP contribution < -0.4 is 5.32 Å². The Morgan fingerprint density at radius 2 is 2.00 bits per heavy atom. The largest absolute Gasteiger partial charge is 0.367 e. The molecule has 0 amide bonds. The Morgan fingerprint density at radius 1 is 1.33 bits per heavy atom. The lowest BCUT2D eigenvalue weighted by Crippen LogP contribution is -2.11. The molecule has 1 aromatic rings. The molecule has 1 unspecified atom stereocenters. The molecule has 62 valence electrons. The molecule has 12 heavy (non-hydrogen) atoms. The van der Waals surface area contributed by atoms with E-state index < -0.39 is 0 Å². The van der Waals surface area contributed by atoms with Gasteiger partial charge in [-0.1, -0.05) is 23.0 Å². The molecule has 0 saturated heterocycles. The van der Waals surface area contributed by atoms with E-state index in [-0.39, 0.29) is 6.04 Å². The van der Waals surface area contributed by atoms with Gasteiger partial charge in [-0.25, -0.2) is 0 Å². The number of para-hydroxylation sites is 1. The first-order valence-corrected chi connectivity index (χ1v) is 3.99. The van der Waals surface area contributed by atoms with E-state index >= 15 is 0 Å². The zero-order valence-electron chi connectivity index (χ0n) is 7.41. The fourth-order valence-electron chi connectivity index (χ4n) is 1.01. The Morgan fingerprint density at radius 3 is 2.58 bits per heavy atom. The van der Waals surface area contributed by atoms with Crippen molar-refractivity contribution in [2.45, 2.75) is 13.0 Å². The van der Waals surface area contributed by atoms with Crippen molar-refractivity contribution < 1.29 is 0 Å². The quantitative estimate of drug-likeness (QED) is 0.704. The molecule has 0 heterocycles. The van der Waals surface area contributed by atoms with Gasteiger partial charge in [-0.3, -0.25) is 0 Å². The third kappa shape index (κ3) is 2.63. The van der Waals surface area contributed by atoms with Crippen LogP contribution in [0.15, 0.2) is 30.3 Å². The van der Waals surface area contributed by atoms with Crippen molar-refractivity contribution in [3.05, 3.63) is 35.2 Å². The van der Waals surface area contributed by atoms with Crippen molar-refractivity contribution in [1.82, 2.24) is 0 Å². The summed E-state index contributed by atoms with van der Waals surface area (Å²) in [5, 5.41) is 3.24. The Labute approximate surface area is 73.0 Å². The van der Waals surface area contributed by atoms with Crippen LogP contribution in [0.2, 0.25) is 0 Å². The Bertz CT molecular complexity index is 282. The average molecular weight is 161 g/mol. The SMILES string of the molecule is C[N+]#CC(C)Nc1ccccc1. The minimum absolute atomic E-state index is 0.164. The molecule has 0 aliphatic carbocycles. The van der Waals surface area contributed by atoms with Gasteiger partial charge in [-0.05, 0) is 19.1 Å². The summed E-state index contributed by atoms with van der Waals surface area (Å²) in [6, 6.07) is 13.1. The molecule has 2 nitrogen and oxygen atoms in total. The summed E-state index contributed by atoms with van der Waals surface area (Å²) >= 11 is 0. The van der Waals surface area contributed by atoms with Gasteiger partial charge in [0.25, 0.3) is 13.1 Å². The fourth-order valence-corrected chi connectivity index (χ4v) is 1.01. The number of anilines is 1. The molecular weight excluding hydrogens is 148 g/mol. The molecule has 1 aromatic carbocycles. The number of rotatable bonds is 2. The lowest BCUT2D eigenvalue weighted by molar-refractivity contribution is 1.03. The summed E-state index contributed by atoms with van der Waals surface area (Å²) in [5.74, 6) is 0. The summed E-state index contributed by atoms with van der Waals surface area (Å²) in [6.07, 6.45) is 0. The second-order valence-electron chi connectivity index (χ2n) is 2.58. The van der Waals surface area contributed by atoms with Gasteiger partial charge >= 0.3 is 0 Å². The molecule has 2 heteroatoms. The maximum Gasteiger partial charge on any atom is 0.297 e. The first-order chi connectivity index (χ1) is 5.83. The van der Waals surface area contributed by atoms with E-state index in [2.05, 4.69) is 16.2 Å². The van der Waals surface area contributed by atoms with Crippen molar-refractivity contribution in [3.63, 3.8) is 0 Å². The third-order valence-electron chi connectivity index (χ3n) is 1.48. The highest BCUT2D eigenvalue weighted by atomic mass is 14.9. The van der Waals surface area contributed by atoms with Crippen molar-refractivity contribution >= 4 is 5.69 Å². The highest BCUT2D eigenvalue weighted by Gasteiger charge is 2.01. The molecule has 1 atom stereocenters. The molecule has 0 aromatic heterocycles. The molecule has 0 spiro atoms. The van der Waals surface area contributed by atoms with E-state index in [9.17, 15) is 0 Å². The Balaban J connectivity index is 2.56. The second-order valence-corrected chi connectivity index (χ2v) is 2.58. The van der Waals surface area contributed by atoms with Crippen molar-refractivity contribution in [3.8, 4) is 6.07 Å². The van der Waals surface area contributed by atoms with Crippen LogP contribution in [0.25, 0.3) is 4.85 Å². The van der Waals surface area contributed by atoms with E-state index in [4.69, 9.17) is 0 Å². The van der Waals surface area contributed by atoms with Crippen LogP contribution in [0.5, 0.6) is 0 Å². The van der Waals surface area contributed by atoms with Crippen LogP contribution in [-0.2, 0) is 0 Å². The standard InChI is InChI=1S/C10H13N2/c1-9(8-11-2)12-10-6-4-3-5-7-10/h3-7,9,12H,1-2H3/q+1. The summed E-state index contributed by atoms with van der Waals surface area (Å²) in [5.41, 5.74) is 1.10. The Hall–Kier alpha value is -1.49. The molecule has 1 N–H and O–H groups in total. The predicted octanol–water partition coefficient (Wildman–Crippen LogP) is 2.45. The van der Waals surface area contributed by atoms with Crippen molar-refractivity contribution in [1.29, 1.82) is 0 Å². The number of hydrogen-bond acceptors (Lipinski definition) is 1. The summed E-state index contributed by atoms with van der Waals surface area (Å²) in [4.78, 5) is 3.82. The minimum atomic E-state index is 0.164. The molecular formula is C10H13N2+. The number of nitrogens with zero attached hydrogens (tertiary/aromatic N) is 1. The summed E-state index contributed by atoms with van der Waals surface area (Å²) < 4.78 is 0. The molecule has 0 saturated carbocycles.